The molecule has 0 radical (unpaired) electrons. The van der Waals surface area contributed by atoms with E-state index in [1.165, 1.54) is 23.9 Å². The van der Waals surface area contributed by atoms with Gasteiger partial charge in [0.2, 0.25) is 5.91 Å². The lowest BCUT2D eigenvalue weighted by Crippen LogP contribution is -2.57. The topological polar surface area (TPSA) is 90.1 Å². The molecule has 3 N–H and O–H groups in total. The van der Waals surface area contributed by atoms with E-state index in [2.05, 4.69) is 20.6 Å². The van der Waals surface area contributed by atoms with Crippen molar-refractivity contribution >= 4 is 11.8 Å². The molecule has 0 bridgehead atoms. The van der Waals surface area contributed by atoms with Gasteiger partial charge in [-0.1, -0.05) is 6.07 Å². The average Bonchev–Trinajstić information content (AvgIpc) is 3.18. The summed E-state index contributed by atoms with van der Waals surface area (Å²) in [5, 5.41) is 6.27. The maximum atomic E-state index is 13.3. The summed E-state index contributed by atoms with van der Waals surface area (Å²) in [7, 11) is 0. The molecular weight excluding hydrogens is 361 g/mol. The molecule has 0 saturated carbocycles. The summed E-state index contributed by atoms with van der Waals surface area (Å²) in [6.45, 7) is 3.74. The molecule has 4 rings (SSSR count). The third-order valence-corrected chi connectivity index (χ3v) is 5.74. The zero-order valence-corrected chi connectivity index (χ0v) is 15.8. The zero-order valence-electron chi connectivity index (χ0n) is 15.8. The third kappa shape index (κ3) is 3.40. The fourth-order valence-corrected chi connectivity index (χ4v) is 4.20. The highest BCUT2D eigenvalue weighted by molar-refractivity contribution is 5.97. The minimum absolute atomic E-state index is 0.127. The highest BCUT2D eigenvalue weighted by Crippen LogP contribution is 2.35. The lowest BCUT2D eigenvalue weighted by atomic mass is 9.80. The molecule has 1 aromatic carbocycles. The molecule has 8 heteroatoms. The van der Waals surface area contributed by atoms with Crippen LogP contribution in [0.2, 0.25) is 0 Å². The number of likely N-dealkylation sites (tertiary alicyclic amines) is 1. The molecule has 0 unspecified atom stereocenters. The summed E-state index contributed by atoms with van der Waals surface area (Å²) < 4.78 is 13.3. The number of carbonyl (C=O) groups excluding carboxylic acids is 2. The van der Waals surface area contributed by atoms with Crippen LogP contribution in [0.4, 0.5) is 4.39 Å². The number of aromatic amines is 1. The fourth-order valence-electron chi connectivity index (χ4n) is 4.20. The summed E-state index contributed by atoms with van der Waals surface area (Å²) in [5.74, 6) is -1.06. The number of halogens is 1. The molecule has 1 fully saturated rings. The van der Waals surface area contributed by atoms with Gasteiger partial charge in [-0.05, 0) is 38.0 Å². The van der Waals surface area contributed by atoms with Gasteiger partial charge in [0, 0.05) is 37.3 Å². The standard InChI is InChI=1S/C20H24FN5O2/c1-13(25-18(27)14-3-2-4-15(21)11-14)19(28)26-9-6-20(7-10-26)17-16(5-8-24-20)22-12-23-17/h2-4,11-13,24H,5-10H2,1H3,(H,22,23)(H,25,27)/t13-/m0/s1. The van der Waals surface area contributed by atoms with Crippen LogP contribution in [0.25, 0.3) is 0 Å². The number of nitrogens with zero attached hydrogens (tertiary/aromatic N) is 2. The maximum absolute atomic E-state index is 13.3. The molecule has 1 atom stereocenters. The average molecular weight is 385 g/mol. The Kier molecular flexibility index (Phi) is 4.89. The first-order valence-corrected chi connectivity index (χ1v) is 9.61. The van der Waals surface area contributed by atoms with Gasteiger partial charge in [-0.15, -0.1) is 0 Å². The quantitative estimate of drug-likeness (QED) is 0.744. The van der Waals surface area contributed by atoms with Crippen LogP contribution >= 0.6 is 0 Å². The number of fused-ring (bicyclic) bond motifs is 2. The molecule has 2 aromatic rings. The number of hydrogen-bond donors (Lipinski definition) is 3. The predicted molar refractivity (Wildman–Crippen MR) is 101 cm³/mol. The van der Waals surface area contributed by atoms with E-state index in [0.717, 1.165) is 37.6 Å². The molecule has 1 saturated heterocycles. The summed E-state index contributed by atoms with van der Waals surface area (Å²) >= 11 is 0. The molecular formula is C20H24FN5O2. The van der Waals surface area contributed by atoms with Gasteiger partial charge in [-0.3, -0.25) is 9.59 Å². The molecule has 7 nitrogen and oxygen atoms in total. The van der Waals surface area contributed by atoms with Gasteiger partial charge < -0.3 is 20.5 Å². The molecule has 0 aliphatic carbocycles. The highest BCUT2D eigenvalue weighted by Gasteiger charge is 2.42. The number of nitrogens with one attached hydrogen (secondary N) is 3. The van der Waals surface area contributed by atoms with Gasteiger partial charge >= 0.3 is 0 Å². The molecule has 1 aromatic heterocycles. The number of benzene rings is 1. The summed E-state index contributed by atoms with van der Waals surface area (Å²) in [5.41, 5.74) is 2.26. The van der Waals surface area contributed by atoms with E-state index < -0.39 is 17.8 Å². The van der Waals surface area contributed by atoms with Crippen LogP contribution < -0.4 is 10.6 Å². The summed E-state index contributed by atoms with van der Waals surface area (Å²) in [6.07, 6.45) is 4.23. The zero-order chi connectivity index (χ0) is 19.7. The number of aromatic nitrogens is 2. The Morgan fingerprint density at radius 3 is 2.86 bits per heavy atom. The molecule has 2 aliphatic rings. The predicted octanol–water partition coefficient (Wildman–Crippen LogP) is 1.33. The summed E-state index contributed by atoms with van der Waals surface area (Å²) in [4.78, 5) is 34.6. The first-order valence-electron chi connectivity index (χ1n) is 9.61. The van der Waals surface area contributed by atoms with Crippen LogP contribution in [0.15, 0.2) is 30.6 Å². The number of imidazole rings is 1. The Morgan fingerprint density at radius 2 is 2.11 bits per heavy atom. The van der Waals surface area contributed by atoms with Crippen molar-refractivity contribution in [3.8, 4) is 0 Å². The molecule has 28 heavy (non-hydrogen) atoms. The van der Waals surface area contributed by atoms with Crippen molar-refractivity contribution in [1.29, 1.82) is 0 Å². The minimum Gasteiger partial charge on any atom is -0.348 e. The highest BCUT2D eigenvalue weighted by atomic mass is 19.1. The number of carbonyl (C=O) groups is 2. The van der Waals surface area contributed by atoms with Crippen molar-refractivity contribution < 1.29 is 14.0 Å². The van der Waals surface area contributed by atoms with Gasteiger partial charge in [0.25, 0.3) is 5.91 Å². The van der Waals surface area contributed by atoms with Gasteiger partial charge in [0.05, 0.1) is 17.6 Å². The van der Waals surface area contributed by atoms with E-state index in [-0.39, 0.29) is 17.0 Å². The van der Waals surface area contributed by atoms with Crippen LogP contribution in [0.5, 0.6) is 0 Å². The lowest BCUT2D eigenvalue weighted by molar-refractivity contribution is -0.134. The van der Waals surface area contributed by atoms with Crippen LogP contribution in [0, 0.1) is 5.82 Å². The number of hydrogen-bond acceptors (Lipinski definition) is 4. The van der Waals surface area contributed by atoms with Crippen molar-refractivity contribution in [2.45, 2.75) is 37.8 Å². The van der Waals surface area contributed by atoms with E-state index in [0.29, 0.717) is 13.1 Å². The molecule has 1 spiro atoms. The Labute approximate surface area is 162 Å². The van der Waals surface area contributed by atoms with E-state index in [1.807, 2.05) is 0 Å². The smallest absolute Gasteiger partial charge is 0.252 e. The van der Waals surface area contributed by atoms with E-state index in [1.54, 1.807) is 18.2 Å². The van der Waals surface area contributed by atoms with Crippen molar-refractivity contribution in [3.05, 3.63) is 53.4 Å². The molecule has 2 aliphatic heterocycles. The fraction of sp³-hybridized carbons (Fsp3) is 0.450. The van der Waals surface area contributed by atoms with E-state index >= 15 is 0 Å². The van der Waals surface area contributed by atoms with Crippen LogP contribution in [0.3, 0.4) is 0 Å². The number of rotatable bonds is 3. The first-order chi connectivity index (χ1) is 13.5. The number of H-pyrrole nitrogens is 1. The Balaban J connectivity index is 1.37. The van der Waals surface area contributed by atoms with Gasteiger partial charge in [0.15, 0.2) is 0 Å². The van der Waals surface area contributed by atoms with Crippen LogP contribution in [0.1, 0.15) is 41.5 Å². The van der Waals surface area contributed by atoms with Crippen molar-refractivity contribution in [3.63, 3.8) is 0 Å². The van der Waals surface area contributed by atoms with E-state index in [9.17, 15) is 14.0 Å². The number of amides is 2. The van der Waals surface area contributed by atoms with Gasteiger partial charge in [0.1, 0.15) is 11.9 Å². The van der Waals surface area contributed by atoms with Crippen molar-refractivity contribution in [1.82, 2.24) is 25.5 Å². The second-order valence-corrected chi connectivity index (χ2v) is 7.52. The SMILES string of the molecule is C[C@H](NC(=O)c1cccc(F)c1)C(=O)N1CCC2(CC1)NCCc1[nH]cnc12. The van der Waals surface area contributed by atoms with Crippen LogP contribution in [-0.4, -0.2) is 52.4 Å². The second kappa shape index (κ2) is 7.35. The Hall–Kier alpha value is -2.74. The largest absolute Gasteiger partial charge is 0.348 e. The number of piperidine rings is 1. The van der Waals surface area contributed by atoms with Crippen molar-refractivity contribution in [2.75, 3.05) is 19.6 Å². The monoisotopic (exact) mass is 385 g/mol. The molecule has 2 amide bonds. The normalized spacial score (nSPS) is 19.1. The minimum atomic E-state index is -0.676. The Morgan fingerprint density at radius 1 is 1.32 bits per heavy atom. The van der Waals surface area contributed by atoms with Gasteiger partial charge in [-0.2, -0.15) is 0 Å². The molecule has 3 heterocycles. The maximum Gasteiger partial charge on any atom is 0.252 e. The Bertz CT molecular complexity index is 888. The lowest BCUT2D eigenvalue weighted by Gasteiger charge is -2.44. The van der Waals surface area contributed by atoms with Gasteiger partial charge in [-0.25, -0.2) is 9.37 Å². The van der Waals surface area contributed by atoms with E-state index in [4.69, 9.17) is 0 Å². The molecule has 148 valence electrons. The van der Waals surface area contributed by atoms with Crippen LogP contribution in [-0.2, 0) is 16.8 Å². The van der Waals surface area contributed by atoms with Crippen molar-refractivity contribution in [2.24, 2.45) is 0 Å². The second-order valence-electron chi connectivity index (χ2n) is 7.52. The first kappa shape index (κ1) is 18.6. The summed E-state index contributed by atoms with van der Waals surface area (Å²) in [6, 6.07) is 4.76. The third-order valence-electron chi connectivity index (χ3n) is 5.74.